The van der Waals surface area contributed by atoms with Gasteiger partial charge in [-0.2, -0.15) is 9.40 Å². The van der Waals surface area contributed by atoms with Crippen molar-refractivity contribution >= 4 is 22.4 Å². The average Bonchev–Trinajstić information content (AvgIpc) is 2.69. The zero-order valence-corrected chi connectivity index (χ0v) is 12.3. The van der Waals surface area contributed by atoms with Crippen molar-refractivity contribution in [2.75, 3.05) is 13.1 Å². The fourth-order valence-electron chi connectivity index (χ4n) is 1.99. The van der Waals surface area contributed by atoms with Gasteiger partial charge in [-0.3, -0.25) is 4.68 Å². The summed E-state index contributed by atoms with van der Waals surface area (Å²) in [5, 5.41) is 7.18. The summed E-state index contributed by atoms with van der Waals surface area (Å²) < 4.78 is 27.9. The zero-order valence-electron chi connectivity index (χ0n) is 10.7. The smallest absolute Gasteiger partial charge is 0.246 e. The highest BCUT2D eigenvalue weighted by atomic mass is 35.5. The van der Waals surface area contributed by atoms with Crippen molar-refractivity contribution in [1.82, 2.24) is 19.4 Å². The lowest BCUT2D eigenvalue weighted by molar-refractivity contribution is 0.244. The van der Waals surface area contributed by atoms with E-state index in [0.717, 1.165) is 0 Å². The Kier molecular flexibility index (Phi) is 4.77. The van der Waals surface area contributed by atoms with E-state index in [0.29, 0.717) is 13.1 Å². The van der Waals surface area contributed by atoms with E-state index in [-0.39, 0.29) is 29.4 Å². The molecule has 1 N–H and O–H groups in total. The Morgan fingerprint density at radius 1 is 1.44 bits per heavy atom. The summed E-state index contributed by atoms with van der Waals surface area (Å²) in [5.41, 5.74) is 0. The molecule has 0 spiro atoms. The maximum Gasteiger partial charge on any atom is 0.246 e. The van der Waals surface area contributed by atoms with E-state index in [9.17, 15) is 8.42 Å². The first-order valence-electron chi connectivity index (χ1n) is 5.65. The van der Waals surface area contributed by atoms with Crippen LogP contribution in [0.1, 0.15) is 13.8 Å². The Labute approximate surface area is 114 Å². The lowest BCUT2D eigenvalue weighted by atomic mass is 10.2. The largest absolute Gasteiger partial charge is 0.311 e. The fourth-order valence-corrected chi connectivity index (χ4v) is 3.70. The molecule has 6 nitrogen and oxygen atoms in total. The predicted octanol–water partition coefficient (Wildman–Crippen LogP) is 0.213. The van der Waals surface area contributed by atoms with Crippen molar-refractivity contribution in [3.63, 3.8) is 0 Å². The van der Waals surface area contributed by atoms with Gasteiger partial charge in [0.1, 0.15) is 4.90 Å². The highest BCUT2D eigenvalue weighted by Crippen LogP contribution is 2.19. The molecule has 2 atom stereocenters. The van der Waals surface area contributed by atoms with Crippen LogP contribution in [0.15, 0.2) is 17.3 Å². The number of hydrogen-bond acceptors (Lipinski definition) is 4. The number of aromatic nitrogens is 2. The van der Waals surface area contributed by atoms with Gasteiger partial charge >= 0.3 is 0 Å². The third-order valence-corrected chi connectivity index (χ3v) is 4.93. The van der Waals surface area contributed by atoms with Gasteiger partial charge in [0.25, 0.3) is 0 Å². The highest BCUT2D eigenvalue weighted by molar-refractivity contribution is 7.89. The molecule has 0 bridgehead atoms. The summed E-state index contributed by atoms with van der Waals surface area (Å²) in [6.07, 6.45) is 2.93. The van der Waals surface area contributed by atoms with E-state index in [2.05, 4.69) is 10.4 Å². The van der Waals surface area contributed by atoms with Crippen molar-refractivity contribution in [3.05, 3.63) is 12.4 Å². The van der Waals surface area contributed by atoms with E-state index >= 15 is 0 Å². The SMILES string of the molecule is CC1CN(S(=O)(=O)c2cnn(C)c2)C(C)CN1.Cl. The molecule has 1 aromatic heterocycles. The van der Waals surface area contributed by atoms with Crippen molar-refractivity contribution in [2.45, 2.75) is 30.8 Å². The average molecular weight is 295 g/mol. The number of aryl methyl sites for hydroxylation is 1. The van der Waals surface area contributed by atoms with Crippen LogP contribution < -0.4 is 5.32 Å². The number of nitrogens with one attached hydrogen (secondary N) is 1. The van der Waals surface area contributed by atoms with Gasteiger partial charge in [-0.1, -0.05) is 0 Å². The quantitative estimate of drug-likeness (QED) is 0.847. The molecule has 0 aromatic carbocycles. The van der Waals surface area contributed by atoms with Gasteiger partial charge in [0.2, 0.25) is 10.0 Å². The minimum Gasteiger partial charge on any atom is -0.311 e. The molecule has 1 saturated heterocycles. The molecule has 1 fully saturated rings. The summed E-state index contributed by atoms with van der Waals surface area (Å²) in [6.45, 7) is 5.07. The van der Waals surface area contributed by atoms with E-state index in [1.54, 1.807) is 11.4 Å². The fraction of sp³-hybridized carbons (Fsp3) is 0.700. The normalized spacial score (nSPS) is 25.7. The third kappa shape index (κ3) is 2.85. The van der Waals surface area contributed by atoms with Gasteiger partial charge in [0.05, 0.1) is 6.20 Å². The minimum atomic E-state index is -3.41. The minimum absolute atomic E-state index is 0. The lowest BCUT2D eigenvalue weighted by Gasteiger charge is -2.36. The highest BCUT2D eigenvalue weighted by Gasteiger charge is 2.33. The predicted molar refractivity (Wildman–Crippen MR) is 71.3 cm³/mol. The van der Waals surface area contributed by atoms with Crippen molar-refractivity contribution in [3.8, 4) is 0 Å². The molecule has 0 radical (unpaired) electrons. The molecule has 1 aliphatic heterocycles. The number of rotatable bonds is 2. The second-order valence-corrected chi connectivity index (χ2v) is 6.47. The van der Waals surface area contributed by atoms with Crippen LogP contribution in [0.3, 0.4) is 0 Å². The Morgan fingerprint density at radius 3 is 2.67 bits per heavy atom. The van der Waals surface area contributed by atoms with Gasteiger partial charge in [-0.05, 0) is 13.8 Å². The summed E-state index contributed by atoms with van der Waals surface area (Å²) in [5.74, 6) is 0. The lowest BCUT2D eigenvalue weighted by Crippen LogP contribution is -2.56. The molecule has 2 rings (SSSR count). The van der Waals surface area contributed by atoms with Gasteiger partial charge in [0.15, 0.2) is 0 Å². The van der Waals surface area contributed by atoms with Crippen LogP contribution in [0.5, 0.6) is 0 Å². The number of hydrogen-bond donors (Lipinski definition) is 1. The van der Waals surface area contributed by atoms with E-state index in [1.807, 2.05) is 13.8 Å². The first kappa shape index (κ1) is 15.4. The Bertz CT molecular complexity index is 502. The molecular weight excluding hydrogens is 276 g/mol. The Morgan fingerprint density at radius 2 is 2.11 bits per heavy atom. The molecule has 2 unspecified atom stereocenters. The molecule has 1 aromatic rings. The molecule has 0 amide bonds. The molecule has 18 heavy (non-hydrogen) atoms. The van der Waals surface area contributed by atoms with Crippen LogP contribution in [-0.4, -0.2) is 47.7 Å². The van der Waals surface area contributed by atoms with Crippen LogP contribution in [0, 0.1) is 0 Å². The van der Waals surface area contributed by atoms with Crippen LogP contribution in [0.25, 0.3) is 0 Å². The molecule has 0 aliphatic carbocycles. The summed E-state index contributed by atoms with van der Waals surface area (Å²) in [4.78, 5) is 0.265. The van der Waals surface area contributed by atoms with Crippen LogP contribution in [0.2, 0.25) is 0 Å². The van der Waals surface area contributed by atoms with Gasteiger partial charge in [-0.25, -0.2) is 8.42 Å². The van der Waals surface area contributed by atoms with Gasteiger partial charge in [-0.15, -0.1) is 12.4 Å². The number of nitrogens with zero attached hydrogens (tertiary/aromatic N) is 3. The Balaban J connectivity index is 0.00000162. The number of piperazine rings is 1. The first-order chi connectivity index (χ1) is 7.91. The van der Waals surface area contributed by atoms with E-state index in [1.165, 1.54) is 17.1 Å². The second kappa shape index (κ2) is 5.56. The van der Waals surface area contributed by atoms with E-state index in [4.69, 9.17) is 0 Å². The van der Waals surface area contributed by atoms with Crippen molar-refractivity contribution in [1.29, 1.82) is 0 Å². The molecule has 0 saturated carbocycles. The second-order valence-electron chi connectivity index (χ2n) is 4.58. The van der Waals surface area contributed by atoms with Crippen LogP contribution in [-0.2, 0) is 17.1 Å². The molecular formula is C10H19ClN4O2S. The summed E-state index contributed by atoms with van der Waals surface area (Å²) in [6, 6.07) is 0.147. The topological polar surface area (TPSA) is 67.2 Å². The van der Waals surface area contributed by atoms with Gasteiger partial charge < -0.3 is 5.32 Å². The van der Waals surface area contributed by atoms with Crippen LogP contribution in [0.4, 0.5) is 0 Å². The zero-order chi connectivity index (χ0) is 12.6. The van der Waals surface area contributed by atoms with Crippen molar-refractivity contribution in [2.24, 2.45) is 7.05 Å². The van der Waals surface area contributed by atoms with Crippen LogP contribution >= 0.6 is 12.4 Å². The summed E-state index contributed by atoms with van der Waals surface area (Å²) in [7, 11) is -1.70. The monoisotopic (exact) mass is 294 g/mol. The molecule has 104 valence electrons. The Hall–Kier alpha value is -0.630. The third-order valence-electron chi connectivity index (χ3n) is 2.99. The number of sulfonamides is 1. The maximum absolute atomic E-state index is 12.4. The molecule has 8 heteroatoms. The molecule has 1 aliphatic rings. The number of halogens is 1. The maximum atomic E-state index is 12.4. The standard InChI is InChI=1S/C10H18N4O2S.ClH/c1-8-6-14(9(2)4-11-8)17(15,16)10-5-12-13(3)7-10;/h5,7-9,11H,4,6H2,1-3H3;1H. The van der Waals surface area contributed by atoms with Crippen molar-refractivity contribution < 1.29 is 8.42 Å². The summed E-state index contributed by atoms with van der Waals surface area (Å²) >= 11 is 0. The first-order valence-corrected chi connectivity index (χ1v) is 7.09. The van der Waals surface area contributed by atoms with Gasteiger partial charge in [0, 0.05) is 38.4 Å². The molecule has 2 heterocycles. The van der Waals surface area contributed by atoms with E-state index < -0.39 is 10.0 Å².